The Balaban J connectivity index is 2.83. The molecule has 0 bridgehead atoms. The molecule has 0 aliphatic heterocycles. The molecule has 0 unspecified atom stereocenters. The first kappa shape index (κ1) is 8.69. The SMILES string of the molecule is COc1c(C=O)ccc2cccnc12. The summed E-state index contributed by atoms with van der Waals surface area (Å²) in [5.41, 5.74) is 1.25. The van der Waals surface area contributed by atoms with Crippen LogP contribution in [0.5, 0.6) is 5.75 Å². The van der Waals surface area contributed by atoms with Crippen LogP contribution in [-0.4, -0.2) is 18.4 Å². The van der Waals surface area contributed by atoms with Crippen LogP contribution in [0, 0.1) is 0 Å². The molecule has 2 rings (SSSR count). The summed E-state index contributed by atoms with van der Waals surface area (Å²) in [6.07, 6.45) is 2.45. The number of pyridine rings is 1. The molecule has 0 aliphatic carbocycles. The lowest BCUT2D eigenvalue weighted by Gasteiger charge is -2.06. The summed E-state index contributed by atoms with van der Waals surface area (Å²) in [6.45, 7) is 0. The van der Waals surface area contributed by atoms with Gasteiger partial charge in [0.05, 0.1) is 12.7 Å². The average molecular weight is 187 g/mol. The smallest absolute Gasteiger partial charge is 0.155 e. The fourth-order valence-corrected chi connectivity index (χ4v) is 1.44. The van der Waals surface area contributed by atoms with E-state index in [1.807, 2.05) is 18.2 Å². The fourth-order valence-electron chi connectivity index (χ4n) is 1.44. The third kappa shape index (κ3) is 1.23. The number of aldehydes is 1. The molecule has 14 heavy (non-hydrogen) atoms. The number of hydrogen-bond acceptors (Lipinski definition) is 3. The van der Waals surface area contributed by atoms with E-state index in [0.717, 1.165) is 17.2 Å². The maximum atomic E-state index is 10.7. The van der Waals surface area contributed by atoms with Gasteiger partial charge >= 0.3 is 0 Å². The quantitative estimate of drug-likeness (QED) is 0.675. The predicted molar refractivity (Wildman–Crippen MR) is 53.7 cm³/mol. The van der Waals surface area contributed by atoms with E-state index in [2.05, 4.69) is 4.98 Å². The molecule has 3 nitrogen and oxygen atoms in total. The highest BCUT2D eigenvalue weighted by atomic mass is 16.5. The molecular weight excluding hydrogens is 178 g/mol. The van der Waals surface area contributed by atoms with E-state index in [9.17, 15) is 4.79 Å². The summed E-state index contributed by atoms with van der Waals surface area (Å²) in [5, 5.41) is 0.968. The second-order valence-corrected chi connectivity index (χ2v) is 2.88. The summed E-state index contributed by atoms with van der Waals surface area (Å²) in [5.74, 6) is 0.540. The molecule has 2 aromatic rings. The van der Waals surface area contributed by atoms with E-state index in [0.29, 0.717) is 11.3 Å². The summed E-state index contributed by atoms with van der Waals surface area (Å²) in [4.78, 5) is 14.9. The van der Waals surface area contributed by atoms with Gasteiger partial charge < -0.3 is 4.74 Å². The molecule has 0 saturated heterocycles. The molecule has 1 heterocycles. The van der Waals surface area contributed by atoms with Crippen LogP contribution in [0.15, 0.2) is 30.5 Å². The van der Waals surface area contributed by atoms with Gasteiger partial charge in [-0.15, -0.1) is 0 Å². The van der Waals surface area contributed by atoms with Crippen molar-refractivity contribution in [2.45, 2.75) is 0 Å². The summed E-state index contributed by atoms with van der Waals surface area (Å²) >= 11 is 0. The second kappa shape index (κ2) is 3.46. The number of methoxy groups -OCH3 is 1. The molecular formula is C11H9NO2. The Morgan fingerprint density at radius 3 is 2.93 bits per heavy atom. The van der Waals surface area contributed by atoms with Crippen LogP contribution in [-0.2, 0) is 0 Å². The van der Waals surface area contributed by atoms with Gasteiger partial charge in [0.25, 0.3) is 0 Å². The Labute approximate surface area is 81.3 Å². The Hall–Kier alpha value is -1.90. The van der Waals surface area contributed by atoms with Crippen molar-refractivity contribution in [1.29, 1.82) is 0 Å². The zero-order valence-electron chi connectivity index (χ0n) is 7.73. The number of fused-ring (bicyclic) bond motifs is 1. The Bertz CT molecular complexity index is 480. The van der Waals surface area contributed by atoms with E-state index in [1.165, 1.54) is 7.11 Å². The largest absolute Gasteiger partial charge is 0.494 e. The molecule has 0 atom stereocenters. The first-order chi connectivity index (χ1) is 6.86. The fraction of sp³-hybridized carbons (Fsp3) is 0.0909. The van der Waals surface area contributed by atoms with Crippen molar-refractivity contribution in [2.75, 3.05) is 7.11 Å². The minimum atomic E-state index is 0.527. The monoisotopic (exact) mass is 187 g/mol. The van der Waals surface area contributed by atoms with Gasteiger partial charge in [-0.25, -0.2) is 0 Å². The number of aromatic nitrogens is 1. The minimum absolute atomic E-state index is 0.527. The standard InChI is InChI=1S/C11H9NO2/c1-14-11-9(7-13)5-4-8-3-2-6-12-10(8)11/h2-7H,1H3. The Morgan fingerprint density at radius 1 is 1.36 bits per heavy atom. The van der Waals surface area contributed by atoms with Crippen molar-refractivity contribution in [3.05, 3.63) is 36.0 Å². The lowest BCUT2D eigenvalue weighted by molar-refractivity contribution is 0.112. The van der Waals surface area contributed by atoms with Crippen LogP contribution in [0.4, 0.5) is 0 Å². The number of carbonyl (C=O) groups is 1. The number of carbonyl (C=O) groups excluding carboxylic acids is 1. The third-order valence-corrected chi connectivity index (χ3v) is 2.09. The van der Waals surface area contributed by atoms with Gasteiger partial charge in [0, 0.05) is 11.6 Å². The predicted octanol–water partition coefficient (Wildman–Crippen LogP) is 2.06. The first-order valence-electron chi connectivity index (χ1n) is 4.23. The van der Waals surface area contributed by atoms with Gasteiger partial charge in [-0.1, -0.05) is 12.1 Å². The molecule has 0 N–H and O–H groups in total. The van der Waals surface area contributed by atoms with Gasteiger partial charge in [-0.05, 0) is 12.1 Å². The highest BCUT2D eigenvalue weighted by Crippen LogP contribution is 2.26. The van der Waals surface area contributed by atoms with Crippen molar-refractivity contribution in [1.82, 2.24) is 4.98 Å². The van der Waals surface area contributed by atoms with Gasteiger partial charge in [0.2, 0.25) is 0 Å². The van der Waals surface area contributed by atoms with E-state index in [-0.39, 0.29) is 0 Å². The topological polar surface area (TPSA) is 39.2 Å². The highest BCUT2D eigenvalue weighted by molar-refractivity contribution is 5.93. The summed E-state index contributed by atoms with van der Waals surface area (Å²) < 4.78 is 5.16. The summed E-state index contributed by atoms with van der Waals surface area (Å²) in [6, 6.07) is 7.37. The normalized spacial score (nSPS) is 10.1. The van der Waals surface area contributed by atoms with E-state index in [4.69, 9.17) is 4.74 Å². The second-order valence-electron chi connectivity index (χ2n) is 2.88. The van der Waals surface area contributed by atoms with Gasteiger partial charge in [-0.2, -0.15) is 0 Å². The van der Waals surface area contributed by atoms with Crippen molar-refractivity contribution in [3.63, 3.8) is 0 Å². The molecule has 0 aliphatic rings. The van der Waals surface area contributed by atoms with Crippen molar-refractivity contribution >= 4 is 17.2 Å². The molecule has 3 heteroatoms. The molecule has 1 aromatic heterocycles. The number of nitrogens with zero attached hydrogens (tertiary/aromatic N) is 1. The zero-order valence-corrected chi connectivity index (χ0v) is 7.73. The molecule has 0 radical (unpaired) electrons. The van der Waals surface area contributed by atoms with Crippen LogP contribution < -0.4 is 4.74 Å². The summed E-state index contributed by atoms with van der Waals surface area (Å²) in [7, 11) is 1.54. The van der Waals surface area contributed by atoms with Gasteiger partial charge in [0.1, 0.15) is 5.52 Å². The van der Waals surface area contributed by atoms with Crippen molar-refractivity contribution < 1.29 is 9.53 Å². The van der Waals surface area contributed by atoms with Crippen LogP contribution in [0.1, 0.15) is 10.4 Å². The minimum Gasteiger partial charge on any atom is -0.494 e. The molecule has 0 saturated carbocycles. The lowest BCUT2D eigenvalue weighted by Crippen LogP contribution is -1.92. The molecule has 0 spiro atoms. The zero-order chi connectivity index (χ0) is 9.97. The Morgan fingerprint density at radius 2 is 2.21 bits per heavy atom. The van der Waals surface area contributed by atoms with Crippen molar-refractivity contribution in [2.24, 2.45) is 0 Å². The number of hydrogen-bond donors (Lipinski definition) is 0. The van der Waals surface area contributed by atoms with E-state index in [1.54, 1.807) is 12.3 Å². The van der Waals surface area contributed by atoms with E-state index >= 15 is 0 Å². The third-order valence-electron chi connectivity index (χ3n) is 2.09. The van der Waals surface area contributed by atoms with E-state index < -0.39 is 0 Å². The van der Waals surface area contributed by atoms with Crippen molar-refractivity contribution in [3.8, 4) is 5.75 Å². The number of benzene rings is 1. The maximum Gasteiger partial charge on any atom is 0.155 e. The first-order valence-corrected chi connectivity index (χ1v) is 4.23. The van der Waals surface area contributed by atoms with Crippen LogP contribution in [0.3, 0.4) is 0 Å². The molecule has 0 amide bonds. The highest BCUT2D eigenvalue weighted by Gasteiger charge is 2.07. The number of ether oxygens (including phenoxy) is 1. The Kier molecular flexibility index (Phi) is 2.14. The maximum absolute atomic E-state index is 10.7. The average Bonchev–Trinajstić information content (AvgIpc) is 2.27. The molecule has 1 aromatic carbocycles. The van der Waals surface area contributed by atoms with Gasteiger partial charge in [-0.3, -0.25) is 9.78 Å². The van der Waals surface area contributed by atoms with Crippen LogP contribution in [0.2, 0.25) is 0 Å². The van der Waals surface area contributed by atoms with Gasteiger partial charge in [0.15, 0.2) is 12.0 Å². The van der Waals surface area contributed by atoms with Crippen LogP contribution >= 0.6 is 0 Å². The number of rotatable bonds is 2. The van der Waals surface area contributed by atoms with Crippen LogP contribution in [0.25, 0.3) is 10.9 Å². The molecule has 70 valence electrons. The lowest BCUT2D eigenvalue weighted by atomic mass is 10.1. The molecule has 0 fully saturated rings.